The van der Waals surface area contributed by atoms with Gasteiger partial charge in [-0.3, -0.25) is 9.69 Å². The molecule has 1 fully saturated rings. The molecule has 1 aromatic rings. The topological polar surface area (TPSA) is 44.8 Å². The number of aryl methyl sites for hydroxylation is 2. The quantitative estimate of drug-likeness (QED) is 0.569. The molecule has 0 unspecified atom stereocenters. The van der Waals surface area contributed by atoms with Gasteiger partial charge in [0, 0.05) is 31.9 Å². The minimum atomic E-state index is 0.0561. The molecule has 2 rings (SSSR count). The van der Waals surface area contributed by atoms with Gasteiger partial charge in [0.15, 0.2) is 0 Å². The first-order valence-electron chi connectivity index (χ1n) is 10.2. The van der Waals surface area contributed by atoms with Crippen molar-refractivity contribution in [2.45, 2.75) is 41.0 Å². The van der Waals surface area contributed by atoms with Gasteiger partial charge in [-0.15, -0.1) is 0 Å². The summed E-state index contributed by atoms with van der Waals surface area (Å²) < 4.78 is 5.53. The highest BCUT2D eigenvalue weighted by Gasteiger charge is 2.22. The summed E-state index contributed by atoms with van der Waals surface area (Å²) in [6.07, 6.45) is 5.19. The second-order valence-electron chi connectivity index (χ2n) is 7.37. The number of allylic oxidation sites excluding steroid dienone is 2. The second-order valence-corrected chi connectivity index (χ2v) is 7.37. The summed E-state index contributed by atoms with van der Waals surface area (Å²) in [6, 6.07) is 4.16. The van der Waals surface area contributed by atoms with Gasteiger partial charge in [-0.05, 0) is 56.9 Å². The molecule has 5 nitrogen and oxygen atoms in total. The zero-order valence-electron chi connectivity index (χ0n) is 18.3. The van der Waals surface area contributed by atoms with Crippen LogP contribution in [0.5, 0.6) is 0 Å². The number of hydrogen-bond donors (Lipinski definition) is 1. The van der Waals surface area contributed by atoms with E-state index < -0.39 is 0 Å². The summed E-state index contributed by atoms with van der Waals surface area (Å²) in [6.45, 7) is 14.2. The standard InChI is InChI=1S/C23H35N3O2/c1-7-9-20(21(8-2)28-6)26-14-12-25(13-15-26)16-22(27)24-23-18(4)11-10-17(3)19(23)5/h8-11H,7,12-16H2,1-6H3,(H,24,27)/b20-9+,21-8+. The first-order chi connectivity index (χ1) is 13.4. The number of carbonyl (C=O) groups excluding carboxylic acids is 1. The maximum atomic E-state index is 12.6. The van der Waals surface area contributed by atoms with Crippen molar-refractivity contribution in [3.8, 4) is 0 Å². The number of benzene rings is 1. The van der Waals surface area contributed by atoms with Gasteiger partial charge >= 0.3 is 0 Å². The fourth-order valence-electron chi connectivity index (χ4n) is 3.62. The summed E-state index contributed by atoms with van der Waals surface area (Å²) >= 11 is 0. The molecular weight excluding hydrogens is 350 g/mol. The fraction of sp³-hybridized carbons (Fsp3) is 0.522. The first-order valence-corrected chi connectivity index (χ1v) is 10.2. The lowest BCUT2D eigenvalue weighted by molar-refractivity contribution is -0.117. The molecule has 0 aliphatic carbocycles. The van der Waals surface area contributed by atoms with Crippen molar-refractivity contribution in [3.05, 3.63) is 52.4 Å². The number of rotatable bonds is 7. The molecule has 1 heterocycles. The predicted molar refractivity (Wildman–Crippen MR) is 116 cm³/mol. The average Bonchev–Trinajstić information content (AvgIpc) is 2.69. The number of methoxy groups -OCH3 is 1. The van der Waals surface area contributed by atoms with Crippen LogP contribution in [0.15, 0.2) is 35.7 Å². The number of ether oxygens (including phenoxy) is 1. The zero-order valence-corrected chi connectivity index (χ0v) is 18.3. The van der Waals surface area contributed by atoms with Crippen LogP contribution in [0.4, 0.5) is 5.69 Å². The molecule has 5 heteroatoms. The van der Waals surface area contributed by atoms with Crippen LogP contribution >= 0.6 is 0 Å². The minimum absolute atomic E-state index is 0.0561. The average molecular weight is 386 g/mol. The highest BCUT2D eigenvalue weighted by Crippen LogP contribution is 2.23. The third-order valence-corrected chi connectivity index (χ3v) is 5.42. The van der Waals surface area contributed by atoms with Crippen molar-refractivity contribution < 1.29 is 9.53 Å². The van der Waals surface area contributed by atoms with Gasteiger partial charge in [0.1, 0.15) is 5.76 Å². The SMILES string of the molecule is C/C=C(OC)\C(=C/CC)N1CCN(CC(=O)Nc2c(C)ccc(C)c2C)CC1. The summed E-state index contributed by atoms with van der Waals surface area (Å²) in [5, 5.41) is 3.12. The molecule has 0 atom stereocenters. The molecule has 0 spiro atoms. The highest BCUT2D eigenvalue weighted by atomic mass is 16.5. The summed E-state index contributed by atoms with van der Waals surface area (Å²) in [5.41, 5.74) is 5.56. The van der Waals surface area contributed by atoms with E-state index in [0.717, 1.165) is 60.9 Å². The number of anilines is 1. The molecular formula is C23H35N3O2. The van der Waals surface area contributed by atoms with Crippen LogP contribution in [0.1, 0.15) is 37.0 Å². The van der Waals surface area contributed by atoms with E-state index in [1.54, 1.807) is 7.11 Å². The van der Waals surface area contributed by atoms with E-state index in [2.05, 4.69) is 54.1 Å². The van der Waals surface area contributed by atoms with Gasteiger partial charge in [-0.25, -0.2) is 0 Å². The number of carbonyl (C=O) groups is 1. The Morgan fingerprint density at radius 2 is 1.79 bits per heavy atom. The normalized spacial score (nSPS) is 16.3. The van der Waals surface area contributed by atoms with Crippen LogP contribution in [-0.4, -0.2) is 55.5 Å². The maximum Gasteiger partial charge on any atom is 0.238 e. The van der Waals surface area contributed by atoms with E-state index >= 15 is 0 Å². The number of nitrogens with one attached hydrogen (secondary N) is 1. The van der Waals surface area contributed by atoms with Gasteiger partial charge in [-0.1, -0.05) is 25.1 Å². The molecule has 1 saturated heterocycles. The smallest absolute Gasteiger partial charge is 0.238 e. The molecule has 0 saturated carbocycles. The molecule has 1 aliphatic heterocycles. The summed E-state index contributed by atoms with van der Waals surface area (Å²) in [4.78, 5) is 17.2. The van der Waals surface area contributed by atoms with Crippen LogP contribution in [0.3, 0.4) is 0 Å². The Balaban J connectivity index is 1.94. The third-order valence-electron chi connectivity index (χ3n) is 5.42. The molecule has 1 aromatic carbocycles. The Morgan fingerprint density at radius 1 is 1.14 bits per heavy atom. The number of nitrogens with zero attached hydrogens (tertiary/aromatic N) is 2. The highest BCUT2D eigenvalue weighted by molar-refractivity contribution is 5.94. The zero-order chi connectivity index (χ0) is 20.7. The Bertz CT molecular complexity index is 744. The van der Waals surface area contributed by atoms with Crippen molar-refractivity contribution in [1.82, 2.24) is 9.80 Å². The van der Waals surface area contributed by atoms with E-state index in [-0.39, 0.29) is 5.91 Å². The molecule has 1 amide bonds. The lowest BCUT2D eigenvalue weighted by atomic mass is 10.0. The Hall–Kier alpha value is -2.27. The van der Waals surface area contributed by atoms with E-state index in [1.807, 2.05) is 19.9 Å². The fourth-order valence-corrected chi connectivity index (χ4v) is 3.62. The largest absolute Gasteiger partial charge is 0.495 e. The van der Waals surface area contributed by atoms with E-state index in [1.165, 1.54) is 5.56 Å². The van der Waals surface area contributed by atoms with E-state index in [0.29, 0.717) is 6.54 Å². The molecule has 0 aromatic heterocycles. The van der Waals surface area contributed by atoms with Crippen molar-refractivity contribution >= 4 is 11.6 Å². The lowest BCUT2D eigenvalue weighted by Gasteiger charge is -2.37. The van der Waals surface area contributed by atoms with Crippen LogP contribution in [-0.2, 0) is 9.53 Å². The van der Waals surface area contributed by atoms with Crippen molar-refractivity contribution in [2.24, 2.45) is 0 Å². The molecule has 0 bridgehead atoms. The predicted octanol–water partition coefficient (Wildman–Crippen LogP) is 4.01. The van der Waals surface area contributed by atoms with Crippen LogP contribution in [0.25, 0.3) is 0 Å². The third kappa shape index (κ3) is 5.38. The van der Waals surface area contributed by atoms with Gasteiger partial charge in [-0.2, -0.15) is 0 Å². The summed E-state index contributed by atoms with van der Waals surface area (Å²) in [5.74, 6) is 0.971. The van der Waals surface area contributed by atoms with Gasteiger partial charge < -0.3 is 15.0 Å². The Labute approximate surface area is 170 Å². The summed E-state index contributed by atoms with van der Waals surface area (Å²) in [7, 11) is 1.72. The number of piperazine rings is 1. The van der Waals surface area contributed by atoms with Crippen LogP contribution in [0.2, 0.25) is 0 Å². The van der Waals surface area contributed by atoms with Crippen LogP contribution < -0.4 is 5.32 Å². The monoisotopic (exact) mass is 385 g/mol. The lowest BCUT2D eigenvalue weighted by Crippen LogP contribution is -2.48. The first kappa shape index (κ1) is 22.0. The van der Waals surface area contributed by atoms with E-state index in [9.17, 15) is 4.79 Å². The van der Waals surface area contributed by atoms with Gasteiger partial charge in [0.2, 0.25) is 5.91 Å². The number of amides is 1. The van der Waals surface area contributed by atoms with Crippen molar-refractivity contribution in [2.75, 3.05) is 45.2 Å². The van der Waals surface area contributed by atoms with Gasteiger partial charge in [0.25, 0.3) is 0 Å². The minimum Gasteiger partial charge on any atom is -0.495 e. The Kier molecular flexibility index (Phi) is 8.12. The van der Waals surface area contributed by atoms with E-state index in [4.69, 9.17) is 4.74 Å². The van der Waals surface area contributed by atoms with Crippen molar-refractivity contribution in [1.29, 1.82) is 0 Å². The molecule has 1 N–H and O–H groups in total. The molecule has 154 valence electrons. The van der Waals surface area contributed by atoms with Crippen LogP contribution in [0, 0.1) is 20.8 Å². The second kappa shape index (κ2) is 10.3. The number of hydrogen-bond acceptors (Lipinski definition) is 4. The maximum absolute atomic E-state index is 12.6. The Morgan fingerprint density at radius 3 is 2.36 bits per heavy atom. The molecule has 28 heavy (non-hydrogen) atoms. The van der Waals surface area contributed by atoms with Gasteiger partial charge in [0.05, 0.1) is 19.4 Å². The molecule has 1 aliphatic rings. The van der Waals surface area contributed by atoms with Crippen molar-refractivity contribution in [3.63, 3.8) is 0 Å². The molecule has 0 radical (unpaired) electrons.